The SMILES string of the molecule is CCc1ccc(CCC(=O)N(Cc2ccc(C)cc2)[C@H](C)C(=O)NC2CCCC2)cc1. The first-order valence-corrected chi connectivity index (χ1v) is 11.7. The van der Waals surface area contributed by atoms with Crippen LogP contribution in [0.25, 0.3) is 0 Å². The minimum absolute atomic E-state index is 0.0224. The van der Waals surface area contributed by atoms with Crippen molar-refractivity contribution < 1.29 is 9.59 Å². The van der Waals surface area contributed by atoms with E-state index < -0.39 is 6.04 Å². The van der Waals surface area contributed by atoms with Crippen molar-refractivity contribution in [2.24, 2.45) is 0 Å². The summed E-state index contributed by atoms with van der Waals surface area (Å²) >= 11 is 0. The summed E-state index contributed by atoms with van der Waals surface area (Å²) < 4.78 is 0. The standard InChI is InChI=1S/C27H36N2O2/c1-4-22-13-15-23(16-14-22)17-18-26(30)29(19-24-11-9-20(2)10-12-24)21(3)27(31)28-25-7-5-6-8-25/h9-16,21,25H,4-8,17-19H2,1-3H3,(H,28,31)/t21-/m1/s1. The van der Waals surface area contributed by atoms with Gasteiger partial charge in [-0.1, -0.05) is 73.9 Å². The quantitative estimate of drug-likeness (QED) is 0.623. The Morgan fingerprint density at radius 1 is 0.968 bits per heavy atom. The molecule has 0 heterocycles. The smallest absolute Gasteiger partial charge is 0.242 e. The summed E-state index contributed by atoms with van der Waals surface area (Å²) in [6.45, 7) is 6.49. The molecule has 4 nitrogen and oxygen atoms in total. The number of amides is 2. The molecule has 1 saturated carbocycles. The number of carbonyl (C=O) groups is 2. The van der Waals surface area contributed by atoms with Gasteiger partial charge in [0.15, 0.2) is 0 Å². The normalized spacial score (nSPS) is 14.9. The fraction of sp³-hybridized carbons (Fsp3) is 0.481. The third-order valence-electron chi connectivity index (χ3n) is 6.40. The van der Waals surface area contributed by atoms with Gasteiger partial charge >= 0.3 is 0 Å². The van der Waals surface area contributed by atoms with E-state index in [4.69, 9.17) is 0 Å². The predicted molar refractivity (Wildman–Crippen MR) is 126 cm³/mol. The Labute approximate surface area is 187 Å². The summed E-state index contributed by atoms with van der Waals surface area (Å²) in [5.41, 5.74) is 4.69. The van der Waals surface area contributed by atoms with Crippen molar-refractivity contribution in [1.29, 1.82) is 0 Å². The molecule has 4 heteroatoms. The van der Waals surface area contributed by atoms with Gasteiger partial charge in [0.25, 0.3) is 0 Å². The minimum Gasteiger partial charge on any atom is -0.352 e. The van der Waals surface area contributed by atoms with E-state index in [1.807, 2.05) is 26.0 Å². The van der Waals surface area contributed by atoms with E-state index in [9.17, 15) is 9.59 Å². The summed E-state index contributed by atoms with van der Waals surface area (Å²) in [7, 11) is 0. The van der Waals surface area contributed by atoms with Crippen LogP contribution in [0.1, 0.15) is 68.2 Å². The molecule has 1 aliphatic rings. The molecule has 3 rings (SSSR count). The van der Waals surface area contributed by atoms with Crippen LogP contribution in [0.15, 0.2) is 48.5 Å². The Kier molecular flexibility index (Phi) is 8.27. The van der Waals surface area contributed by atoms with Crippen LogP contribution >= 0.6 is 0 Å². The van der Waals surface area contributed by atoms with Gasteiger partial charge in [0.05, 0.1) is 0 Å². The maximum absolute atomic E-state index is 13.2. The highest BCUT2D eigenvalue weighted by Gasteiger charge is 2.28. The van der Waals surface area contributed by atoms with Gasteiger partial charge < -0.3 is 10.2 Å². The maximum atomic E-state index is 13.2. The number of rotatable bonds is 9. The Morgan fingerprint density at radius 3 is 2.16 bits per heavy atom. The largest absolute Gasteiger partial charge is 0.352 e. The highest BCUT2D eigenvalue weighted by atomic mass is 16.2. The molecular weight excluding hydrogens is 384 g/mol. The van der Waals surface area contributed by atoms with E-state index in [1.165, 1.54) is 24.0 Å². The fourth-order valence-electron chi connectivity index (χ4n) is 4.20. The summed E-state index contributed by atoms with van der Waals surface area (Å²) in [4.78, 5) is 27.9. The molecule has 166 valence electrons. The van der Waals surface area contributed by atoms with Crippen molar-refractivity contribution in [3.63, 3.8) is 0 Å². The van der Waals surface area contributed by atoms with Gasteiger partial charge in [-0.15, -0.1) is 0 Å². The molecule has 1 aliphatic carbocycles. The summed E-state index contributed by atoms with van der Waals surface area (Å²) in [6.07, 6.45) is 6.51. The molecule has 0 spiro atoms. The van der Waals surface area contributed by atoms with E-state index in [0.717, 1.165) is 30.4 Å². The van der Waals surface area contributed by atoms with Crippen molar-refractivity contribution in [3.8, 4) is 0 Å². The van der Waals surface area contributed by atoms with Gasteiger partial charge in [0.1, 0.15) is 6.04 Å². The molecule has 0 saturated heterocycles. The second-order valence-electron chi connectivity index (χ2n) is 8.84. The molecule has 0 radical (unpaired) electrons. The first-order chi connectivity index (χ1) is 15.0. The third kappa shape index (κ3) is 6.68. The van der Waals surface area contributed by atoms with Crippen LogP contribution in [0.3, 0.4) is 0 Å². The van der Waals surface area contributed by atoms with E-state index in [2.05, 4.69) is 48.6 Å². The van der Waals surface area contributed by atoms with Crippen LogP contribution in [0, 0.1) is 6.92 Å². The molecule has 2 amide bonds. The van der Waals surface area contributed by atoms with Crippen LogP contribution in [0.4, 0.5) is 0 Å². The number of carbonyl (C=O) groups excluding carboxylic acids is 2. The number of aryl methyl sites for hydroxylation is 3. The molecule has 2 aromatic rings. The molecule has 0 aromatic heterocycles. The second-order valence-corrected chi connectivity index (χ2v) is 8.84. The van der Waals surface area contributed by atoms with Crippen LogP contribution in [0.2, 0.25) is 0 Å². The number of nitrogens with zero attached hydrogens (tertiary/aromatic N) is 1. The summed E-state index contributed by atoms with van der Waals surface area (Å²) in [6, 6.07) is 16.4. The lowest BCUT2D eigenvalue weighted by molar-refractivity contribution is -0.140. The van der Waals surface area contributed by atoms with Crippen LogP contribution < -0.4 is 5.32 Å². The van der Waals surface area contributed by atoms with Gasteiger partial charge in [-0.25, -0.2) is 0 Å². The zero-order valence-corrected chi connectivity index (χ0v) is 19.2. The monoisotopic (exact) mass is 420 g/mol. The molecule has 31 heavy (non-hydrogen) atoms. The van der Waals surface area contributed by atoms with E-state index in [1.54, 1.807) is 4.90 Å². The van der Waals surface area contributed by atoms with Gasteiger partial charge in [-0.05, 0) is 56.2 Å². The Balaban J connectivity index is 1.68. The zero-order chi connectivity index (χ0) is 22.2. The van der Waals surface area contributed by atoms with Crippen molar-refractivity contribution in [2.45, 2.75) is 84.3 Å². The Bertz CT molecular complexity index is 852. The summed E-state index contributed by atoms with van der Waals surface area (Å²) in [5, 5.41) is 3.16. The highest BCUT2D eigenvalue weighted by molar-refractivity contribution is 5.87. The first kappa shape index (κ1) is 23.1. The van der Waals surface area contributed by atoms with Gasteiger partial charge in [0.2, 0.25) is 11.8 Å². The van der Waals surface area contributed by atoms with Crippen molar-refractivity contribution in [3.05, 3.63) is 70.8 Å². The zero-order valence-electron chi connectivity index (χ0n) is 19.2. The van der Waals surface area contributed by atoms with Gasteiger partial charge in [-0.3, -0.25) is 9.59 Å². The summed E-state index contributed by atoms with van der Waals surface area (Å²) in [5.74, 6) is -0.0196. The molecule has 1 fully saturated rings. The third-order valence-corrected chi connectivity index (χ3v) is 6.40. The molecule has 2 aromatic carbocycles. The van der Waals surface area contributed by atoms with E-state index in [-0.39, 0.29) is 17.9 Å². The average Bonchev–Trinajstić information content (AvgIpc) is 3.30. The topological polar surface area (TPSA) is 49.4 Å². The van der Waals surface area contributed by atoms with Crippen LogP contribution in [-0.4, -0.2) is 28.8 Å². The van der Waals surface area contributed by atoms with Crippen LogP contribution in [0.5, 0.6) is 0 Å². The van der Waals surface area contributed by atoms with E-state index in [0.29, 0.717) is 19.4 Å². The Hall–Kier alpha value is -2.62. The van der Waals surface area contributed by atoms with Gasteiger partial charge in [0, 0.05) is 19.0 Å². The van der Waals surface area contributed by atoms with Crippen LogP contribution in [-0.2, 0) is 29.0 Å². The van der Waals surface area contributed by atoms with Crippen molar-refractivity contribution >= 4 is 11.8 Å². The van der Waals surface area contributed by atoms with E-state index >= 15 is 0 Å². The lowest BCUT2D eigenvalue weighted by atomic mass is 10.0. The van der Waals surface area contributed by atoms with Crippen molar-refractivity contribution in [1.82, 2.24) is 10.2 Å². The second kappa shape index (κ2) is 11.1. The maximum Gasteiger partial charge on any atom is 0.242 e. The molecule has 1 atom stereocenters. The number of hydrogen-bond donors (Lipinski definition) is 1. The molecule has 1 N–H and O–H groups in total. The molecule has 0 unspecified atom stereocenters. The number of hydrogen-bond acceptors (Lipinski definition) is 2. The highest BCUT2D eigenvalue weighted by Crippen LogP contribution is 2.19. The lowest BCUT2D eigenvalue weighted by Gasteiger charge is -2.30. The molecular formula is C27H36N2O2. The predicted octanol–water partition coefficient (Wildman–Crippen LogP) is 4.97. The fourth-order valence-corrected chi connectivity index (χ4v) is 4.20. The number of benzene rings is 2. The van der Waals surface area contributed by atoms with Gasteiger partial charge in [-0.2, -0.15) is 0 Å². The van der Waals surface area contributed by atoms with Crippen molar-refractivity contribution in [2.75, 3.05) is 0 Å². The Morgan fingerprint density at radius 2 is 1.55 bits per heavy atom. The number of nitrogens with one attached hydrogen (secondary N) is 1. The molecule has 0 aliphatic heterocycles. The molecule has 0 bridgehead atoms. The average molecular weight is 421 g/mol. The first-order valence-electron chi connectivity index (χ1n) is 11.7. The minimum atomic E-state index is -0.489. The lowest BCUT2D eigenvalue weighted by Crippen LogP contribution is -2.49.